The zero-order valence-electron chi connectivity index (χ0n) is 25.2. The molecule has 242 valence electrons. The second-order valence-electron chi connectivity index (χ2n) is 10.7. The Morgan fingerprint density at radius 2 is 1.59 bits per heavy atom. The van der Waals surface area contributed by atoms with Crippen molar-refractivity contribution < 1.29 is 32.3 Å². The average molecular weight is 638 g/mol. The van der Waals surface area contributed by atoms with Crippen LogP contribution in [-0.2, 0) is 44.9 Å². The van der Waals surface area contributed by atoms with Gasteiger partial charge in [-0.2, -0.15) is 13.2 Å². The van der Waals surface area contributed by atoms with Gasteiger partial charge in [0.15, 0.2) is 0 Å². The van der Waals surface area contributed by atoms with Gasteiger partial charge in [-0.15, -0.1) is 0 Å². The number of hydrogen-bond donors (Lipinski definition) is 1. The number of benzene rings is 3. The smallest absolute Gasteiger partial charge is 0.416 e. The Morgan fingerprint density at radius 1 is 0.913 bits per heavy atom. The monoisotopic (exact) mass is 637 g/mol. The molecule has 2 heterocycles. The van der Waals surface area contributed by atoms with Gasteiger partial charge in [0, 0.05) is 45.2 Å². The van der Waals surface area contributed by atoms with E-state index in [9.17, 15) is 32.3 Å². The van der Waals surface area contributed by atoms with E-state index in [-0.39, 0.29) is 37.0 Å². The number of esters is 1. The topological polar surface area (TPSA) is 128 Å². The van der Waals surface area contributed by atoms with Crippen molar-refractivity contribution in [2.45, 2.75) is 39.1 Å². The number of primary amides is 1. The van der Waals surface area contributed by atoms with Gasteiger partial charge in [-0.05, 0) is 47.9 Å². The maximum Gasteiger partial charge on any atom is 0.416 e. The quantitative estimate of drug-likeness (QED) is 0.290. The number of nitrogens with two attached hydrogens (primary N) is 1. The van der Waals surface area contributed by atoms with E-state index in [2.05, 4.69) is 9.88 Å². The molecule has 0 bridgehead atoms. The largest absolute Gasteiger partial charge is 0.461 e. The number of hydrogen-bond acceptors (Lipinski definition) is 7. The summed E-state index contributed by atoms with van der Waals surface area (Å²) in [5.41, 5.74) is 7.22. The Bertz CT molecular complexity index is 1720. The molecule has 5 rings (SSSR count). The van der Waals surface area contributed by atoms with Crippen LogP contribution < -0.4 is 16.2 Å². The highest BCUT2D eigenvalue weighted by Gasteiger charge is 2.30. The molecule has 1 aromatic heterocycles. The third-order valence-corrected chi connectivity index (χ3v) is 7.37. The molecule has 0 radical (unpaired) electrons. The summed E-state index contributed by atoms with van der Waals surface area (Å²) in [5.74, 6) is -0.884. The lowest BCUT2D eigenvalue weighted by Gasteiger charge is -2.35. The van der Waals surface area contributed by atoms with Crippen LogP contribution in [0.3, 0.4) is 0 Å². The lowest BCUT2D eigenvalue weighted by atomic mass is 10.1. The number of amides is 2. The molecule has 2 N–H and O–H groups in total. The molecule has 0 atom stereocenters. The summed E-state index contributed by atoms with van der Waals surface area (Å²) in [7, 11) is 0. The Kier molecular flexibility index (Phi) is 11.1. The number of aryl methyl sites for hydroxylation is 1. The van der Waals surface area contributed by atoms with Crippen LogP contribution in [0, 0.1) is 0 Å². The first kappa shape index (κ1) is 33.7. The molecule has 0 spiro atoms. The summed E-state index contributed by atoms with van der Waals surface area (Å²) in [4.78, 5) is 54.7. The second-order valence-corrected chi connectivity index (χ2v) is 10.7. The number of piperazine rings is 1. The zero-order chi connectivity index (χ0) is 33.3. The van der Waals surface area contributed by atoms with Crippen molar-refractivity contribution in [3.05, 3.63) is 106 Å². The molecule has 0 saturated carbocycles. The van der Waals surface area contributed by atoms with Crippen molar-refractivity contribution in [2.75, 3.05) is 31.1 Å². The van der Waals surface area contributed by atoms with Crippen molar-refractivity contribution in [3.8, 4) is 0 Å². The van der Waals surface area contributed by atoms with E-state index in [4.69, 9.17) is 10.5 Å². The minimum absolute atomic E-state index is 0.0756. The highest BCUT2D eigenvalue weighted by molar-refractivity contribution is 5.82. The number of nitrogens with zero attached hydrogens (tertiary/aromatic N) is 4. The normalized spacial score (nSPS) is 13.1. The number of ether oxygens (including phenoxy) is 1. The molecular formula is C33H34F3N5O5. The summed E-state index contributed by atoms with van der Waals surface area (Å²) >= 11 is 0. The molecule has 4 aromatic rings. The van der Waals surface area contributed by atoms with Crippen LogP contribution in [0.5, 0.6) is 0 Å². The Labute approximate surface area is 263 Å². The fraction of sp³-hybridized carbons (Fsp3) is 0.303. The molecular weight excluding hydrogens is 603 g/mol. The summed E-state index contributed by atoms with van der Waals surface area (Å²) in [6.07, 6.45) is -2.52. The molecule has 13 heteroatoms. The molecule has 0 unspecified atom stereocenters. The second kappa shape index (κ2) is 15.2. The first-order valence-electron chi connectivity index (χ1n) is 14.5. The Balaban J connectivity index is 0.000000210. The number of rotatable bonds is 8. The van der Waals surface area contributed by atoms with Crippen LogP contribution in [0.1, 0.15) is 30.0 Å². The van der Waals surface area contributed by atoms with Gasteiger partial charge in [0.05, 0.1) is 22.8 Å². The number of aromatic nitrogens is 2. The molecule has 1 fully saturated rings. The third kappa shape index (κ3) is 9.40. The van der Waals surface area contributed by atoms with Gasteiger partial charge in [0.25, 0.3) is 5.56 Å². The van der Waals surface area contributed by atoms with E-state index in [0.29, 0.717) is 49.1 Å². The highest BCUT2D eigenvalue weighted by Crippen LogP contribution is 2.29. The molecule has 1 aliphatic rings. The highest BCUT2D eigenvalue weighted by atomic mass is 19.4. The summed E-state index contributed by atoms with van der Waals surface area (Å²) < 4.78 is 43.6. The minimum Gasteiger partial charge on any atom is -0.461 e. The molecule has 1 saturated heterocycles. The van der Waals surface area contributed by atoms with Crippen molar-refractivity contribution >= 4 is 34.4 Å². The van der Waals surface area contributed by atoms with E-state index in [1.807, 2.05) is 36.4 Å². The molecule has 1 aliphatic heterocycles. The van der Waals surface area contributed by atoms with E-state index >= 15 is 0 Å². The maximum atomic E-state index is 12.5. The number of anilines is 1. The summed E-state index contributed by atoms with van der Waals surface area (Å²) in [6.45, 7) is 4.31. The van der Waals surface area contributed by atoms with Gasteiger partial charge >= 0.3 is 12.1 Å². The fourth-order valence-corrected chi connectivity index (χ4v) is 4.82. The standard InChI is InChI=1S/C17H15F3O2.C16H19N5O3/c18-17(19,20)15-9-6-13(7-10-15)8-11-16(21)22-12-14-4-2-1-3-5-14;1-11(22)19-4-6-20(7-5-19)12-2-3-14-13(8-12)16(24)21(10-18-14)9-15(17)23/h1-7,9-10H,8,11-12H2;2-3,8,10H,4-7,9H2,1H3,(H2,17,23). The van der Waals surface area contributed by atoms with Crippen molar-refractivity contribution in [2.24, 2.45) is 5.73 Å². The van der Waals surface area contributed by atoms with E-state index in [0.717, 1.165) is 23.4 Å². The molecule has 2 amide bonds. The summed E-state index contributed by atoms with van der Waals surface area (Å²) in [6, 6.07) is 19.6. The predicted octanol–water partition coefficient (Wildman–Crippen LogP) is 3.93. The predicted molar refractivity (Wildman–Crippen MR) is 166 cm³/mol. The van der Waals surface area contributed by atoms with Gasteiger partial charge in [-0.3, -0.25) is 23.7 Å². The van der Waals surface area contributed by atoms with Crippen LogP contribution in [0.15, 0.2) is 83.9 Å². The van der Waals surface area contributed by atoms with Gasteiger partial charge in [0.2, 0.25) is 11.8 Å². The molecule has 10 nitrogen and oxygen atoms in total. The Morgan fingerprint density at radius 3 is 2.20 bits per heavy atom. The third-order valence-electron chi connectivity index (χ3n) is 7.37. The zero-order valence-corrected chi connectivity index (χ0v) is 25.2. The first-order chi connectivity index (χ1) is 21.9. The Hall–Kier alpha value is -5.20. The van der Waals surface area contributed by atoms with Crippen LogP contribution in [-0.4, -0.2) is 58.4 Å². The lowest BCUT2D eigenvalue weighted by molar-refractivity contribution is -0.145. The summed E-state index contributed by atoms with van der Waals surface area (Å²) in [5, 5.41) is 0.449. The number of carbonyl (C=O) groups excluding carboxylic acids is 3. The van der Waals surface area contributed by atoms with Crippen molar-refractivity contribution in [1.29, 1.82) is 0 Å². The number of alkyl halides is 3. The van der Waals surface area contributed by atoms with Gasteiger partial charge in [-0.1, -0.05) is 42.5 Å². The van der Waals surface area contributed by atoms with Gasteiger partial charge in [0.1, 0.15) is 13.2 Å². The minimum atomic E-state index is -4.34. The SMILES string of the molecule is CC(=O)N1CCN(c2ccc3ncn(CC(N)=O)c(=O)c3c2)CC1.O=C(CCc1ccc(C(F)(F)F)cc1)OCc1ccccc1. The number of fused-ring (bicyclic) bond motifs is 1. The van der Waals surface area contributed by atoms with E-state index in [1.165, 1.54) is 23.0 Å². The molecule has 0 aliphatic carbocycles. The number of halogens is 3. The fourth-order valence-electron chi connectivity index (χ4n) is 4.82. The van der Waals surface area contributed by atoms with Crippen LogP contribution in [0.4, 0.5) is 18.9 Å². The van der Waals surface area contributed by atoms with Crippen molar-refractivity contribution in [3.63, 3.8) is 0 Å². The molecule has 46 heavy (non-hydrogen) atoms. The van der Waals surface area contributed by atoms with Crippen LogP contribution in [0.2, 0.25) is 0 Å². The lowest BCUT2D eigenvalue weighted by Crippen LogP contribution is -2.48. The van der Waals surface area contributed by atoms with Crippen LogP contribution in [0.25, 0.3) is 10.9 Å². The maximum absolute atomic E-state index is 12.5. The van der Waals surface area contributed by atoms with E-state index in [1.54, 1.807) is 24.0 Å². The van der Waals surface area contributed by atoms with Gasteiger partial charge < -0.3 is 20.3 Å². The van der Waals surface area contributed by atoms with E-state index < -0.39 is 17.6 Å². The van der Waals surface area contributed by atoms with Gasteiger partial charge in [-0.25, -0.2) is 4.98 Å². The first-order valence-corrected chi connectivity index (χ1v) is 14.5. The van der Waals surface area contributed by atoms with Crippen molar-refractivity contribution in [1.82, 2.24) is 14.5 Å². The number of carbonyl (C=O) groups is 3. The van der Waals surface area contributed by atoms with Crippen LogP contribution >= 0.6 is 0 Å². The average Bonchev–Trinajstić information content (AvgIpc) is 3.04. The molecule has 3 aromatic carbocycles.